The Morgan fingerprint density at radius 3 is 2.32 bits per heavy atom. The summed E-state index contributed by atoms with van der Waals surface area (Å²) < 4.78 is 2.15. The van der Waals surface area contributed by atoms with Gasteiger partial charge in [0, 0.05) is 21.5 Å². The number of nitrogens with zero attached hydrogens (tertiary/aromatic N) is 2. The zero-order valence-corrected chi connectivity index (χ0v) is 15.0. The summed E-state index contributed by atoms with van der Waals surface area (Å²) in [6.07, 6.45) is 1.15. The molecule has 108 valence electrons. The molecule has 0 aliphatic rings. The van der Waals surface area contributed by atoms with E-state index in [1.165, 1.54) is 5.56 Å². The molecule has 0 amide bonds. The normalized spacial score (nSPS) is 13.3. The number of rotatable bonds is 7. The van der Waals surface area contributed by atoms with Crippen LogP contribution in [0, 0.1) is 0 Å². The molecule has 1 aromatic rings. The first-order valence-corrected chi connectivity index (χ1v) is 8.04. The molecule has 1 aromatic carbocycles. The standard InChI is InChI=1S/C14H23Br2N3/c1-18(2)7-4-8-19(3)14(10-17)11-5-6-12(15)13(16)9-11/h5-6,9,14H,4,7-8,10,17H2,1-3H3. The van der Waals surface area contributed by atoms with Gasteiger partial charge < -0.3 is 10.6 Å². The number of nitrogens with two attached hydrogens (primary N) is 1. The van der Waals surface area contributed by atoms with Gasteiger partial charge >= 0.3 is 0 Å². The van der Waals surface area contributed by atoms with Crippen molar-refractivity contribution in [3.8, 4) is 0 Å². The third kappa shape index (κ3) is 5.52. The van der Waals surface area contributed by atoms with E-state index in [2.05, 4.69) is 81.0 Å². The smallest absolute Gasteiger partial charge is 0.0467 e. The number of likely N-dealkylation sites (N-methyl/N-ethyl adjacent to an activating group) is 1. The van der Waals surface area contributed by atoms with E-state index in [-0.39, 0.29) is 6.04 Å². The van der Waals surface area contributed by atoms with Gasteiger partial charge in [-0.05, 0) is 90.2 Å². The maximum Gasteiger partial charge on any atom is 0.0467 e. The van der Waals surface area contributed by atoms with Crippen molar-refractivity contribution in [3.05, 3.63) is 32.7 Å². The van der Waals surface area contributed by atoms with E-state index in [1.54, 1.807) is 0 Å². The average molecular weight is 393 g/mol. The molecule has 0 radical (unpaired) electrons. The second-order valence-corrected chi connectivity index (χ2v) is 6.77. The zero-order valence-electron chi connectivity index (χ0n) is 11.9. The molecule has 2 N–H and O–H groups in total. The Bertz CT molecular complexity index is 396. The number of halogens is 2. The van der Waals surface area contributed by atoms with Gasteiger partial charge in [0.25, 0.3) is 0 Å². The van der Waals surface area contributed by atoms with Crippen LogP contribution in [0.2, 0.25) is 0 Å². The van der Waals surface area contributed by atoms with Gasteiger partial charge in [0.05, 0.1) is 0 Å². The fraction of sp³-hybridized carbons (Fsp3) is 0.571. The largest absolute Gasteiger partial charge is 0.329 e. The molecule has 0 saturated heterocycles. The Balaban J connectivity index is 2.67. The van der Waals surface area contributed by atoms with Crippen LogP contribution in [0.15, 0.2) is 27.1 Å². The van der Waals surface area contributed by atoms with Crippen molar-refractivity contribution in [2.75, 3.05) is 40.8 Å². The Hall–Kier alpha value is 0.0600. The van der Waals surface area contributed by atoms with Crippen molar-refractivity contribution in [1.29, 1.82) is 0 Å². The number of benzene rings is 1. The molecular formula is C14H23Br2N3. The van der Waals surface area contributed by atoms with E-state index in [4.69, 9.17) is 5.73 Å². The van der Waals surface area contributed by atoms with Gasteiger partial charge in [-0.3, -0.25) is 4.90 Å². The maximum atomic E-state index is 5.95. The van der Waals surface area contributed by atoms with Crippen molar-refractivity contribution < 1.29 is 0 Å². The summed E-state index contributed by atoms with van der Waals surface area (Å²) >= 11 is 7.05. The molecule has 1 rings (SSSR count). The average Bonchev–Trinajstić information content (AvgIpc) is 2.34. The molecule has 0 aliphatic heterocycles. The molecule has 0 aliphatic carbocycles. The van der Waals surface area contributed by atoms with Crippen LogP contribution in [0.4, 0.5) is 0 Å². The van der Waals surface area contributed by atoms with Gasteiger partial charge in [-0.15, -0.1) is 0 Å². The molecule has 1 unspecified atom stereocenters. The molecule has 3 nitrogen and oxygen atoms in total. The van der Waals surface area contributed by atoms with Crippen LogP contribution in [-0.2, 0) is 0 Å². The van der Waals surface area contributed by atoms with Crippen molar-refractivity contribution in [2.24, 2.45) is 5.73 Å². The van der Waals surface area contributed by atoms with E-state index < -0.39 is 0 Å². The van der Waals surface area contributed by atoms with Gasteiger partial charge in [0.15, 0.2) is 0 Å². The molecule has 5 heteroatoms. The van der Waals surface area contributed by atoms with E-state index in [1.807, 2.05) is 0 Å². The van der Waals surface area contributed by atoms with Crippen LogP contribution in [0.25, 0.3) is 0 Å². The number of hydrogen-bond acceptors (Lipinski definition) is 3. The minimum absolute atomic E-state index is 0.270. The molecular weight excluding hydrogens is 370 g/mol. The van der Waals surface area contributed by atoms with Crippen molar-refractivity contribution >= 4 is 31.9 Å². The Morgan fingerprint density at radius 1 is 1.11 bits per heavy atom. The Labute approximate surface area is 133 Å². The van der Waals surface area contributed by atoms with Gasteiger partial charge in [-0.1, -0.05) is 6.07 Å². The number of hydrogen-bond donors (Lipinski definition) is 1. The monoisotopic (exact) mass is 391 g/mol. The molecule has 19 heavy (non-hydrogen) atoms. The minimum atomic E-state index is 0.270. The lowest BCUT2D eigenvalue weighted by Crippen LogP contribution is -2.32. The summed E-state index contributed by atoms with van der Waals surface area (Å²) in [4.78, 5) is 4.54. The third-order valence-electron chi connectivity index (χ3n) is 3.20. The SMILES string of the molecule is CN(C)CCCN(C)C(CN)c1ccc(Br)c(Br)c1. The van der Waals surface area contributed by atoms with Crippen LogP contribution in [0.1, 0.15) is 18.0 Å². The highest BCUT2D eigenvalue weighted by Crippen LogP contribution is 2.28. The lowest BCUT2D eigenvalue weighted by molar-refractivity contribution is 0.235. The first-order valence-electron chi connectivity index (χ1n) is 6.45. The van der Waals surface area contributed by atoms with Crippen molar-refractivity contribution in [2.45, 2.75) is 12.5 Å². The summed E-state index contributed by atoms with van der Waals surface area (Å²) in [5.74, 6) is 0. The lowest BCUT2D eigenvalue weighted by Gasteiger charge is -2.28. The Morgan fingerprint density at radius 2 is 1.79 bits per heavy atom. The van der Waals surface area contributed by atoms with Crippen LogP contribution in [-0.4, -0.2) is 50.6 Å². The van der Waals surface area contributed by atoms with Crippen LogP contribution in [0.3, 0.4) is 0 Å². The molecule has 0 aromatic heterocycles. The van der Waals surface area contributed by atoms with Gasteiger partial charge in [-0.2, -0.15) is 0 Å². The molecule has 0 bridgehead atoms. The predicted molar refractivity (Wildman–Crippen MR) is 89.4 cm³/mol. The van der Waals surface area contributed by atoms with Crippen LogP contribution < -0.4 is 5.73 Å². The fourth-order valence-electron chi connectivity index (χ4n) is 2.08. The maximum absolute atomic E-state index is 5.95. The lowest BCUT2D eigenvalue weighted by atomic mass is 10.1. The fourth-order valence-corrected chi connectivity index (χ4v) is 2.73. The molecule has 0 heterocycles. The quantitative estimate of drug-likeness (QED) is 0.773. The molecule has 0 spiro atoms. The van der Waals surface area contributed by atoms with E-state index in [9.17, 15) is 0 Å². The molecule has 0 saturated carbocycles. The van der Waals surface area contributed by atoms with Gasteiger partial charge in [-0.25, -0.2) is 0 Å². The summed E-state index contributed by atoms with van der Waals surface area (Å²) in [6, 6.07) is 6.61. The predicted octanol–water partition coefficient (Wildman–Crippen LogP) is 3.09. The highest BCUT2D eigenvalue weighted by atomic mass is 79.9. The first-order chi connectivity index (χ1) is 8.95. The Kier molecular flexibility index (Phi) is 7.54. The van der Waals surface area contributed by atoms with Gasteiger partial charge in [0.2, 0.25) is 0 Å². The topological polar surface area (TPSA) is 32.5 Å². The second kappa shape index (κ2) is 8.37. The summed E-state index contributed by atoms with van der Waals surface area (Å²) in [5, 5.41) is 0. The highest BCUT2D eigenvalue weighted by molar-refractivity contribution is 9.13. The molecule has 0 fully saturated rings. The summed E-state index contributed by atoms with van der Waals surface area (Å²) in [6.45, 7) is 2.78. The second-order valence-electron chi connectivity index (χ2n) is 5.06. The van der Waals surface area contributed by atoms with Crippen molar-refractivity contribution in [3.63, 3.8) is 0 Å². The van der Waals surface area contributed by atoms with Crippen LogP contribution in [0.5, 0.6) is 0 Å². The van der Waals surface area contributed by atoms with E-state index >= 15 is 0 Å². The zero-order chi connectivity index (χ0) is 14.4. The minimum Gasteiger partial charge on any atom is -0.329 e. The first kappa shape index (κ1) is 17.1. The van der Waals surface area contributed by atoms with E-state index in [0.29, 0.717) is 6.54 Å². The summed E-state index contributed by atoms with van der Waals surface area (Å²) in [5.41, 5.74) is 7.20. The van der Waals surface area contributed by atoms with Gasteiger partial charge in [0.1, 0.15) is 0 Å². The van der Waals surface area contributed by atoms with Crippen molar-refractivity contribution in [1.82, 2.24) is 9.80 Å². The highest BCUT2D eigenvalue weighted by Gasteiger charge is 2.16. The van der Waals surface area contributed by atoms with Crippen LogP contribution >= 0.6 is 31.9 Å². The molecule has 1 atom stereocenters. The summed E-state index contributed by atoms with van der Waals surface area (Å²) in [7, 11) is 6.35. The third-order valence-corrected chi connectivity index (χ3v) is 5.08. The van der Waals surface area contributed by atoms with E-state index in [0.717, 1.165) is 28.5 Å².